The zero-order chi connectivity index (χ0) is 14.5. The molecule has 3 nitrogen and oxygen atoms in total. The minimum absolute atomic E-state index is 0.526. The third-order valence-electron chi connectivity index (χ3n) is 5.75. The van der Waals surface area contributed by atoms with Crippen LogP contribution in [0.2, 0.25) is 0 Å². The molecule has 3 fully saturated rings. The molecule has 0 amide bonds. The number of nitrogens with zero attached hydrogens (tertiary/aromatic N) is 1. The average molecular weight is 294 g/mol. The number of ether oxygens (including phenoxy) is 1. The SMILES string of the molecule is CCOC1CCN(CC2(CNC3CC3)CCCCC2)CC1. The monoisotopic (exact) mass is 294 g/mol. The molecule has 1 saturated heterocycles. The highest BCUT2D eigenvalue weighted by atomic mass is 16.5. The Balaban J connectivity index is 1.49. The van der Waals surface area contributed by atoms with E-state index in [1.165, 1.54) is 84.0 Å². The van der Waals surface area contributed by atoms with Gasteiger partial charge in [-0.2, -0.15) is 0 Å². The van der Waals surface area contributed by atoms with Crippen LogP contribution in [0.15, 0.2) is 0 Å². The molecule has 0 unspecified atom stereocenters. The fourth-order valence-corrected chi connectivity index (χ4v) is 4.28. The molecule has 0 radical (unpaired) electrons. The Kier molecular flexibility index (Phi) is 5.58. The molecule has 3 rings (SSSR count). The summed E-state index contributed by atoms with van der Waals surface area (Å²) in [5.41, 5.74) is 0.569. The van der Waals surface area contributed by atoms with E-state index in [0.717, 1.165) is 12.6 Å². The van der Waals surface area contributed by atoms with E-state index in [0.29, 0.717) is 11.5 Å². The van der Waals surface area contributed by atoms with Gasteiger partial charge in [0, 0.05) is 38.8 Å². The van der Waals surface area contributed by atoms with Gasteiger partial charge in [0.15, 0.2) is 0 Å². The first kappa shape index (κ1) is 15.8. The van der Waals surface area contributed by atoms with Crippen molar-refractivity contribution in [3.8, 4) is 0 Å². The zero-order valence-corrected chi connectivity index (χ0v) is 13.9. The summed E-state index contributed by atoms with van der Waals surface area (Å²) >= 11 is 0. The lowest BCUT2D eigenvalue weighted by Crippen LogP contribution is -2.48. The summed E-state index contributed by atoms with van der Waals surface area (Å²) in [5, 5.41) is 3.83. The average Bonchev–Trinajstić information content (AvgIpc) is 3.33. The highest BCUT2D eigenvalue weighted by Gasteiger charge is 2.36. The van der Waals surface area contributed by atoms with Gasteiger partial charge >= 0.3 is 0 Å². The highest BCUT2D eigenvalue weighted by Crippen LogP contribution is 2.38. The second-order valence-electron chi connectivity index (χ2n) is 7.65. The fraction of sp³-hybridized carbons (Fsp3) is 1.00. The van der Waals surface area contributed by atoms with E-state index in [9.17, 15) is 0 Å². The van der Waals surface area contributed by atoms with Crippen molar-refractivity contribution in [1.29, 1.82) is 0 Å². The molecule has 21 heavy (non-hydrogen) atoms. The first-order valence-electron chi connectivity index (χ1n) is 9.37. The van der Waals surface area contributed by atoms with Crippen LogP contribution >= 0.6 is 0 Å². The van der Waals surface area contributed by atoms with E-state index in [1.54, 1.807) is 0 Å². The van der Waals surface area contributed by atoms with Crippen molar-refractivity contribution < 1.29 is 4.74 Å². The summed E-state index contributed by atoms with van der Waals surface area (Å²) in [5.74, 6) is 0. The number of piperidine rings is 1. The molecule has 0 bridgehead atoms. The van der Waals surface area contributed by atoms with Gasteiger partial charge in [0.1, 0.15) is 0 Å². The Morgan fingerprint density at radius 1 is 1.05 bits per heavy atom. The molecule has 2 aliphatic carbocycles. The lowest BCUT2D eigenvalue weighted by Gasteiger charge is -2.43. The van der Waals surface area contributed by atoms with Gasteiger partial charge in [-0.15, -0.1) is 0 Å². The van der Waals surface area contributed by atoms with Crippen molar-refractivity contribution in [2.75, 3.05) is 32.8 Å². The van der Waals surface area contributed by atoms with E-state index in [1.807, 2.05) is 0 Å². The van der Waals surface area contributed by atoms with Crippen LogP contribution in [0.5, 0.6) is 0 Å². The quantitative estimate of drug-likeness (QED) is 0.780. The maximum absolute atomic E-state index is 5.79. The number of hydrogen-bond donors (Lipinski definition) is 1. The largest absolute Gasteiger partial charge is 0.378 e. The second kappa shape index (κ2) is 7.43. The van der Waals surface area contributed by atoms with Crippen molar-refractivity contribution in [3.63, 3.8) is 0 Å². The van der Waals surface area contributed by atoms with Crippen LogP contribution < -0.4 is 5.32 Å². The van der Waals surface area contributed by atoms with E-state index in [2.05, 4.69) is 17.1 Å². The summed E-state index contributed by atoms with van der Waals surface area (Å²) in [7, 11) is 0. The molecular formula is C18H34N2O. The molecular weight excluding hydrogens is 260 g/mol. The van der Waals surface area contributed by atoms with Crippen LogP contribution in [0.25, 0.3) is 0 Å². The summed E-state index contributed by atoms with van der Waals surface area (Å²) in [6, 6.07) is 0.854. The van der Waals surface area contributed by atoms with E-state index in [4.69, 9.17) is 4.74 Å². The van der Waals surface area contributed by atoms with Crippen molar-refractivity contribution in [2.24, 2.45) is 5.41 Å². The highest BCUT2D eigenvalue weighted by molar-refractivity contribution is 4.92. The first-order valence-corrected chi connectivity index (χ1v) is 9.37. The summed E-state index contributed by atoms with van der Waals surface area (Å²) in [6.45, 7) is 8.08. The molecule has 0 aromatic heterocycles. The van der Waals surface area contributed by atoms with E-state index in [-0.39, 0.29) is 0 Å². The van der Waals surface area contributed by atoms with Crippen molar-refractivity contribution in [3.05, 3.63) is 0 Å². The predicted octanol–water partition coefficient (Wildman–Crippen LogP) is 3.19. The Morgan fingerprint density at radius 3 is 2.38 bits per heavy atom. The van der Waals surface area contributed by atoms with Gasteiger partial charge in [0.2, 0.25) is 0 Å². The second-order valence-corrected chi connectivity index (χ2v) is 7.65. The van der Waals surface area contributed by atoms with Gasteiger partial charge in [-0.3, -0.25) is 0 Å². The van der Waals surface area contributed by atoms with Gasteiger partial charge in [-0.25, -0.2) is 0 Å². The van der Waals surface area contributed by atoms with Crippen LogP contribution in [0.4, 0.5) is 0 Å². The summed E-state index contributed by atoms with van der Waals surface area (Å²) in [6.07, 6.45) is 13.1. The lowest BCUT2D eigenvalue weighted by molar-refractivity contribution is -0.000753. The molecule has 1 heterocycles. The normalized spacial score (nSPS) is 27.9. The third kappa shape index (κ3) is 4.67. The van der Waals surface area contributed by atoms with Crippen LogP contribution in [0, 0.1) is 5.41 Å². The first-order chi connectivity index (χ1) is 10.3. The molecule has 0 aromatic carbocycles. The van der Waals surface area contributed by atoms with Crippen LogP contribution in [-0.2, 0) is 4.74 Å². The Bertz CT molecular complexity index is 302. The van der Waals surface area contributed by atoms with E-state index >= 15 is 0 Å². The molecule has 0 aromatic rings. The molecule has 122 valence electrons. The Hall–Kier alpha value is -0.120. The van der Waals surface area contributed by atoms with Gasteiger partial charge in [0.05, 0.1) is 6.10 Å². The van der Waals surface area contributed by atoms with Crippen LogP contribution in [-0.4, -0.2) is 49.8 Å². The lowest BCUT2D eigenvalue weighted by atomic mass is 9.73. The van der Waals surface area contributed by atoms with Gasteiger partial charge in [-0.05, 0) is 50.9 Å². The van der Waals surface area contributed by atoms with Crippen LogP contribution in [0.3, 0.4) is 0 Å². The van der Waals surface area contributed by atoms with Crippen molar-refractivity contribution in [1.82, 2.24) is 10.2 Å². The fourth-order valence-electron chi connectivity index (χ4n) is 4.28. The van der Waals surface area contributed by atoms with Crippen LogP contribution in [0.1, 0.15) is 64.7 Å². The van der Waals surface area contributed by atoms with Gasteiger partial charge < -0.3 is 15.0 Å². The molecule has 1 aliphatic heterocycles. The Labute approximate surface area is 130 Å². The standard InChI is InChI=1S/C18H34N2O/c1-2-21-17-8-12-20(13-9-17)15-18(10-4-3-5-11-18)14-19-16-6-7-16/h16-17,19H,2-15H2,1H3. The minimum atomic E-state index is 0.526. The van der Waals surface area contributed by atoms with Gasteiger partial charge in [-0.1, -0.05) is 19.3 Å². The predicted molar refractivity (Wildman–Crippen MR) is 87.6 cm³/mol. The Morgan fingerprint density at radius 2 is 1.76 bits per heavy atom. The maximum Gasteiger partial charge on any atom is 0.0599 e. The molecule has 3 aliphatic rings. The summed E-state index contributed by atoms with van der Waals surface area (Å²) in [4.78, 5) is 2.73. The molecule has 0 atom stereocenters. The summed E-state index contributed by atoms with van der Waals surface area (Å²) < 4.78 is 5.79. The molecule has 1 N–H and O–H groups in total. The molecule has 3 heteroatoms. The van der Waals surface area contributed by atoms with Crippen molar-refractivity contribution in [2.45, 2.75) is 76.9 Å². The van der Waals surface area contributed by atoms with Crippen molar-refractivity contribution >= 4 is 0 Å². The maximum atomic E-state index is 5.79. The molecule has 0 spiro atoms. The zero-order valence-electron chi connectivity index (χ0n) is 13.9. The van der Waals surface area contributed by atoms with E-state index < -0.39 is 0 Å². The number of nitrogens with one attached hydrogen (secondary N) is 1. The smallest absolute Gasteiger partial charge is 0.0599 e. The number of likely N-dealkylation sites (tertiary alicyclic amines) is 1. The number of hydrogen-bond acceptors (Lipinski definition) is 3. The number of rotatable bonds is 7. The van der Waals surface area contributed by atoms with Gasteiger partial charge in [0.25, 0.3) is 0 Å². The topological polar surface area (TPSA) is 24.5 Å². The third-order valence-corrected chi connectivity index (χ3v) is 5.75. The molecule has 2 saturated carbocycles. The minimum Gasteiger partial charge on any atom is -0.378 e.